The molecule has 1 rings (SSSR count). The summed E-state index contributed by atoms with van der Waals surface area (Å²) in [5.74, 6) is -0.679. The van der Waals surface area contributed by atoms with Gasteiger partial charge in [-0.15, -0.1) is 0 Å². The molecule has 1 aromatic heterocycles. The highest BCUT2D eigenvalue weighted by Crippen LogP contribution is 2.06. The highest BCUT2D eigenvalue weighted by Gasteiger charge is 1.94. The first-order valence-electron chi connectivity index (χ1n) is 1.91. The molecule has 1 heterocycles. The Morgan fingerprint density at radius 2 is 2.38 bits per heavy atom. The molecule has 0 radical (unpaired) electrons. The third-order valence-corrected chi connectivity index (χ3v) is 0.876. The van der Waals surface area contributed by atoms with Crippen LogP contribution in [0.15, 0.2) is 12.5 Å². The average molecular weight is 133 g/mol. The molecule has 0 aliphatic carbocycles. The Bertz CT molecular complexity index is 170. The molecule has 0 N–H and O–H groups in total. The highest BCUT2D eigenvalue weighted by molar-refractivity contribution is 6.30. The van der Waals surface area contributed by atoms with Crippen molar-refractivity contribution in [2.45, 2.75) is 0 Å². The highest BCUT2D eigenvalue weighted by atomic mass is 35.5. The zero-order chi connectivity index (χ0) is 5.98. The predicted molar refractivity (Wildman–Crippen MR) is 27.0 cm³/mol. The van der Waals surface area contributed by atoms with Crippen LogP contribution >= 0.6 is 11.6 Å². The molecule has 0 spiro atoms. The largest absolute Gasteiger partial charge is 0.243 e. The normalized spacial score (nSPS) is 9.25. The maximum atomic E-state index is 12.0. The minimum Gasteiger partial charge on any atom is -0.243 e. The van der Waals surface area contributed by atoms with Gasteiger partial charge >= 0.3 is 0 Å². The van der Waals surface area contributed by atoms with Gasteiger partial charge in [-0.3, -0.25) is 0 Å². The van der Waals surface area contributed by atoms with Crippen molar-refractivity contribution in [3.63, 3.8) is 0 Å². The lowest BCUT2D eigenvalue weighted by atomic mass is 10.7. The summed E-state index contributed by atoms with van der Waals surface area (Å²) < 4.78 is 12.0. The second-order valence-electron chi connectivity index (χ2n) is 1.16. The molecule has 42 valence electrons. The van der Waals surface area contributed by atoms with Gasteiger partial charge in [0.15, 0.2) is 0 Å². The van der Waals surface area contributed by atoms with Crippen LogP contribution in [0.2, 0.25) is 5.02 Å². The van der Waals surface area contributed by atoms with Crippen LogP contribution in [0.3, 0.4) is 0 Å². The summed E-state index contributed by atoms with van der Waals surface area (Å²) >= 11 is 5.21. The number of hydrogen-bond acceptors (Lipinski definition) is 2. The van der Waals surface area contributed by atoms with E-state index in [0.717, 1.165) is 6.33 Å². The van der Waals surface area contributed by atoms with E-state index in [1.807, 2.05) is 0 Å². The summed E-state index contributed by atoms with van der Waals surface area (Å²) in [6.07, 6.45) is 2.30. The van der Waals surface area contributed by atoms with Gasteiger partial charge in [0.2, 0.25) is 5.95 Å². The Kier molecular flexibility index (Phi) is 1.39. The Morgan fingerprint density at radius 1 is 1.62 bits per heavy atom. The van der Waals surface area contributed by atoms with Crippen LogP contribution in [0, 0.1) is 5.95 Å². The molecule has 0 bridgehead atoms. The Labute approximate surface area is 50.3 Å². The van der Waals surface area contributed by atoms with E-state index in [4.69, 9.17) is 11.6 Å². The first-order valence-corrected chi connectivity index (χ1v) is 2.29. The fourth-order valence-electron chi connectivity index (χ4n) is 0.298. The molecule has 0 aliphatic rings. The van der Waals surface area contributed by atoms with Gasteiger partial charge in [-0.05, 0) is 0 Å². The van der Waals surface area contributed by atoms with Crippen molar-refractivity contribution in [3.05, 3.63) is 23.5 Å². The molecule has 0 unspecified atom stereocenters. The van der Waals surface area contributed by atoms with Gasteiger partial charge in [-0.1, -0.05) is 11.6 Å². The first-order chi connectivity index (χ1) is 3.80. The van der Waals surface area contributed by atoms with Gasteiger partial charge < -0.3 is 0 Å². The fraction of sp³-hybridized carbons (Fsp3) is 0. The fourth-order valence-corrected chi connectivity index (χ4v) is 0.403. The second kappa shape index (κ2) is 2.05. The molecule has 0 saturated heterocycles. The minimum atomic E-state index is -0.679. The second-order valence-corrected chi connectivity index (χ2v) is 1.57. The minimum absolute atomic E-state index is 0.0486. The van der Waals surface area contributed by atoms with Gasteiger partial charge in [0, 0.05) is 0 Å². The van der Waals surface area contributed by atoms with Gasteiger partial charge in [-0.25, -0.2) is 9.97 Å². The van der Waals surface area contributed by atoms with Crippen molar-refractivity contribution >= 4 is 11.6 Å². The number of aromatic nitrogens is 2. The lowest BCUT2D eigenvalue weighted by molar-refractivity contribution is 0.580. The third-order valence-electron chi connectivity index (χ3n) is 0.623. The van der Waals surface area contributed by atoms with Crippen LogP contribution in [0.4, 0.5) is 4.39 Å². The van der Waals surface area contributed by atoms with E-state index >= 15 is 0 Å². The molecule has 1 aromatic rings. The summed E-state index contributed by atoms with van der Waals surface area (Å²) in [4.78, 5) is 6.63. The van der Waals surface area contributed by atoms with Gasteiger partial charge in [0.05, 0.1) is 6.20 Å². The summed E-state index contributed by atoms with van der Waals surface area (Å²) in [5, 5.41) is -0.0486. The monoisotopic (exact) mass is 132 g/mol. The molecular weight excluding hydrogens is 131 g/mol. The lowest BCUT2D eigenvalue weighted by Crippen LogP contribution is -1.82. The topological polar surface area (TPSA) is 25.8 Å². The molecule has 0 aliphatic heterocycles. The van der Waals surface area contributed by atoms with Crippen molar-refractivity contribution in [2.75, 3.05) is 0 Å². The van der Waals surface area contributed by atoms with Crippen molar-refractivity contribution in [2.24, 2.45) is 0 Å². The summed E-state index contributed by atoms with van der Waals surface area (Å²) in [6, 6.07) is 0. The Morgan fingerprint density at radius 3 is 2.75 bits per heavy atom. The van der Waals surface area contributed by atoms with Crippen LogP contribution in [-0.4, -0.2) is 9.97 Å². The van der Waals surface area contributed by atoms with Crippen LogP contribution < -0.4 is 0 Å². The van der Waals surface area contributed by atoms with E-state index < -0.39 is 5.95 Å². The van der Waals surface area contributed by atoms with E-state index in [9.17, 15) is 4.39 Å². The van der Waals surface area contributed by atoms with E-state index in [-0.39, 0.29) is 5.02 Å². The first kappa shape index (κ1) is 5.44. The van der Waals surface area contributed by atoms with Crippen LogP contribution in [0.25, 0.3) is 0 Å². The zero-order valence-electron chi connectivity index (χ0n) is 3.81. The average Bonchev–Trinajstić information content (AvgIpc) is 1.77. The van der Waals surface area contributed by atoms with Crippen molar-refractivity contribution < 1.29 is 4.39 Å². The van der Waals surface area contributed by atoms with E-state index in [1.54, 1.807) is 0 Å². The Balaban J connectivity index is 3.13. The summed E-state index contributed by atoms with van der Waals surface area (Å²) in [7, 11) is 0. The van der Waals surface area contributed by atoms with E-state index in [2.05, 4.69) is 9.97 Å². The molecule has 8 heavy (non-hydrogen) atoms. The molecular formula is C4H2ClFN2. The van der Waals surface area contributed by atoms with Crippen LogP contribution in [0.5, 0.6) is 0 Å². The van der Waals surface area contributed by atoms with E-state index in [0.29, 0.717) is 0 Å². The smallest absolute Gasteiger partial charge is 0.234 e. The zero-order valence-corrected chi connectivity index (χ0v) is 4.56. The standard InChI is InChI=1S/C4H2ClFN2/c5-3-1-7-2-8-4(3)6/h1-2H. The lowest BCUT2D eigenvalue weighted by Gasteiger charge is -1.85. The van der Waals surface area contributed by atoms with Crippen molar-refractivity contribution in [3.8, 4) is 0 Å². The number of nitrogens with zero attached hydrogens (tertiary/aromatic N) is 2. The molecule has 4 heteroatoms. The van der Waals surface area contributed by atoms with Crippen LogP contribution in [0.1, 0.15) is 0 Å². The maximum Gasteiger partial charge on any atom is 0.234 e. The number of rotatable bonds is 0. The van der Waals surface area contributed by atoms with Crippen molar-refractivity contribution in [1.82, 2.24) is 9.97 Å². The molecule has 0 fully saturated rings. The number of halogens is 2. The van der Waals surface area contributed by atoms with Gasteiger partial charge in [0.25, 0.3) is 0 Å². The maximum absolute atomic E-state index is 12.0. The molecule has 0 aromatic carbocycles. The van der Waals surface area contributed by atoms with Crippen molar-refractivity contribution in [1.29, 1.82) is 0 Å². The van der Waals surface area contributed by atoms with Crippen LogP contribution in [-0.2, 0) is 0 Å². The summed E-state index contributed by atoms with van der Waals surface area (Å²) in [6.45, 7) is 0. The number of hydrogen-bond donors (Lipinski definition) is 0. The van der Waals surface area contributed by atoms with Gasteiger partial charge in [-0.2, -0.15) is 4.39 Å². The molecule has 0 saturated carbocycles. The quantitative estimate of drug-likeness (QED) is 0.497. The summed E-state index contributed by atoms with van der Waals surface area (Å²) in [5.41, 5.74) is 0. The Hall–Kier alpha value is -0.700. The predicted octanol–water partition coefficient (Wildman–Crippen LogP) is 1.27. The third kappa shape index (κ3) is 0.924. The van der Waals surface area contributed by atoms with E-state index in [1.165, 1.54) is 6.20 Å². The SMILES string of the molecule is Fc1ncncc1Cl. The molecule has 0 amide bonds. The molecule has 2 nitrogen and oxygen atoms in total. The molecule has 0 atom stereocenters. The van der Waals surface area contributed by atoms with Gasteiger partial charge in [0.1, 0.15) is 11.3 Å².